The smallest absolute Gasteiger partial charge is 0.344 e. The van der Waals surface area contributed by atoms with Gasteiger partial charge >= 0.3 is 5.97 Å². The lowest BCUT2D eigenvalue weighted by Crippen LogP contribution is -2.16. The van der Waals surface area contributed by atoms with E-state index in [1.54, 1.807) is 25.1 Å². The Bertz CT molecular complexity index is 837. The Kier molecular flexibility index (Phi) is 7.02. The topological polar surface area (TPSA) is 55.8 Å². The summed E-state index contributed by atoms with van der Waals surface area (Å²) in [5.41, 5.74) is 1.71. The quantitative estimate of drug-likeness (QED) is 0.528. The van der Waals surface area contributed by atoms with Crippen LogP contribution in [0.2, 0.25) is 5.02 Å². The van der Waals surface area contributed by atoms with Crippen LogP contribution in [0.15, 0.2) is 24.3 Å². The zero-order valence-electron chi connectivity index (χ0n) is 15.3. The van der Waals surface area contributed by atoms with E-state index in [2.05, 4.69) is 4.74 Å². The van der Waals surface area contributed by atoms with E-state index in [0.29, 0.717) is 0 Å². The molecule has 0 saturated carbocycles. The van der Waals surface area contributed by atoms with Crippen molar-refractivity contribution in [3.63, 3.8) is 0 Å². The molecule has 27 heavy (non-hydrogen) atoms. The molecule has 2 aromatic rings. The molecule has 146 valence electrons. The first-order valence-electron chi connectivity index (χ1n) is 8.51. The van der Waals surface area contributed by atoms with Crippen molar-refractivity contribution in [2.45, 2.75) is 33.1 Å². The van der Waals surface area contributed by atoms with Crippen molar-refractivity contribution in [3.05, 3.63) is 57.6 Å². The van der Waals surface area contributed by atoms with E-state index in [1.165, 1.54) is 0 Å². The van der Waals surface area contributed by atoms with Crippen molar-refractivity contribution in [2.24, 2.45) is 0 Å². The lowest BCUT2D eigenvalue weighted by molar-refractivity contribution is -0.145. The van der Waals surface area contributed by atoms with Gasteiger partial charge in [0.25, 0.3) is 0 Å². The largest absolute Gasteiger partial charge is 0.508 e. The Morgan fingerprint density at radius 2 is 1.96 bits per heavy atom. The minimum atomic E-state index is -1.07. The van der Waals surface area contributed by atoms with E-state index in [-0.39, 0.29) is 35.3 Å². The normalized spacial score (nSPS) is 10.9. The molecule has 4 nitrogen and oxygen atoms in total. The number of halogens is 3. The standard InChI is InChI=1S/C20H21ClF2O4/c1-4-26-17(25)10-27-20-15(22)9-13(18(21)19(20)23)7-12-5-6-16(24)14(8-12)11(2)3/h5-6,8-9,11,24H,4,7,10H2,1-3H3. The lowest BCUT2D eigenvalue weighted by atomic mass is 9.96. The summed E-state index contributed by atoms with van der Waals surface area (Å²) >= 11 is 6.04. The number of ether oxygens (including phenoxy) is 2. The average molecular weight is 399 g/mol. The fourth-order valence-corrected chi connectivity index (χ4v) is 2.83. The Labute approximate surface area is 161 Å². The van der Waals surface area contributed by atoms with Gasteiger partial charge in [-0.2, -0.15) is 0 Å². The number of rotatable bonds is 7. The molecule has 0 saturated heterocycles. The van der Waals surface area contributed by atoms with E-state index in [0.717, 1.165) is 17.2 Å². The van der Waals surface area contributed by atoms with Crippen molar-refractivity contribution < 1.29 is 28.2 Å². The van der Waals surface area contributed by atoms with Gasteiger partial charge in [-0.25, -0.2) is 13.6 Å². The van der Waals surface area contributed by atoms with Gasteiger partial charge < -0.3 is 14.6 Å². The van der Waals surface area contributed by atoms with E-state index in [4.69, 9.17) is 16.3 Å². The maximum atomic E-state index is 14.4. The van der Waals surface area contributed by atoms with Crippen LogP contribution in [-0.4, -0.2) is 24.3 Å². The summed E-state index contributed by atoms with van der Waals surface area (Å²) < 4.78 is 38.3. The van der Waals surface area contributed by atoms with Crippen molar-refractivity contribution in [3.8, 4) is 11.5 Å². The number of aromatic hydroxyl groups is 1. The van der Waals surface area contributed by atoms with Crippen LogP contribution in [0, 0.1) is 11.6 Å². The average Bonchev–Trinajstić information content (AvgIpc) is 2.61. The first-order valence-corrected chi connectivity index (χ1v) is 8.88. The second-order valence-corrected chi connectivity index (χ2v) is 6.67. The van der Waals surface area contributed by atoms with Crippen LogP contribution >= 0.6 is 11.6 Å². The Morgan fingerprint density at radius 1 is 1.26 bits per heavy atom. The highest BCUT2D eigenvalue weighted by Gasteiger charge is 2.20. The molecule has 0 radical (unpaired) electrons. The van der Waals surface area contributed by atoms with Crippen molar-refractivity contribution in [1.82, 2.24) is 0 Å². The van der Waals surface area contributed by atoms with Crippen molar-refractivity contribution in [2.75, 3.05) is 13.2 Å². The predicted octanol–water partition coefficient (Wildman–Crippen LogP) is 4.98. The molecule has 0 heterocycles. The fraction of sp³-hybridized carbons (Fsp3) is 0.350. The molecular formula is C20H21ClF2O4. The zero-order chi connectivity index (χ0) is 20.1. The van der Waals surface area contributed by atoms with Crippen LogP contribution in [0.3, 0.4) is 0 Å². The second-order valence-electron chi connectivity index (χ2n) is 6.29. The summed E-state index contributed by atoms with van der Waals surface area (Å²) in [6.45, 7) is 4.99. The van der Waals surface area contributed by atoms with Gasteiger partial charge in [0.05, 0.1) is 11.6 Å². The van der Waals surface area contributed by atoms with Gasteiger partial charge in [0.2, 0.25) is 0 Å². The number of phenols is 1. The highest BCUT2D eigenvalue weighted by atomic mass is 35.5. The van der Waals surface area contributed by atoms with Crippen LogP contribution < -0.4 is 4.74 Å². The number of hydrogen-bond donors (Lipinski definition) is 1. The lowest BCUT2D eigenvalue weighted by Gasteiger charge is -2.14. The van der Waals surface area contributed by atoms with Gasteiger partial charge in [-0.05, 0) is 48.1 Å². The maximum absolute atomic E-state index is 14.4. The van der Waals surface area contributed by atoms with Crippen molar-refractivity contribution >= 4 is 17.6 Å². The summed E-state index contributed by atoms with van der Waals surface area (Å²) in [5, 5.41) is 9.61. The van der Waals surface area contributed by atoms with Crippen LogP contribution in [0.1, 0.15) is 43.4 Å². The first kappa shape index (κ1) is 21.0. The molecule has 0 aliphatic heterocycles. The van der Waals surface area contributed by atoms with Gasteiger partial charge in [-0.1, -0.05) is 37.6 Å². The minimum Gasteiger partial charge on any atom is -0.508 e. The second kappa shape index (κ2) is 9.04. The van der Waals surface area contributed by atoms with Gasteiger partial charge in [-0.3, -0.25) is 0 Å². The highest BCUT2D eigenvalue weighted by molar-refractivity contribution is 6.31. The third-order valence-corrected chi connectivity index (χ3v) is 4.35. The van der Waals surface area contributed by atoms with E-state index >= 15 is 0 Å². The van der Waals surface area contributed by atoms with Crippen LogP contribution in [-0.2, 0) is 16.0 Å². The first-order chi connectivity index (χ1) is 12.7. The van der Waals surface area contributed by atoms with Gasteiger partial charge in [-0.15, -0.1) is 0 Å². The van der Waals surface area contributed by atoms with E-state index < -0.39 is 30.0 Å². The SMILES string of the molecule is CCOC(=O)COc1c(F)cc(Cc2ccc(O)c(C(C)C)c2)c(Cl)c1F. The monoisotopic (exact) mass is 398 g/mol. The highest BCUT2D eigenvalue weighted by Crippen LogP contribution is 2.34. The number of esters is 1. The molecule has 0 bridgehead atoms. The minimum absolute atomic E-state index is 0.0903. The fourth-order valence-electron chi connectivity index (χ4n) is 2.62. The van der Waals surface area contributed by atoms with Crippen LogP contribution in [0.25, 0.3) is 0 Å². The summed E-state index contributed by atoms with van der Waals surface area (Å²) in [5.74, 6) is -3.22. The molecule has 0 aliphatic carbocycles. The van der Waals surface area contributed by atoms with Crippen LogP contribution in [0.5, 0.6) is 11.5 Å². The van der Waals surface area contributed by atoms with E-state index in [1.807, 2.05) is 13.8 Å². The Balaban J connectivity index is 2.27. The number of benzene rings is 2. The van der Waals surface area contributed by atoms with Crippen molar-refractivity contribution in [1.29, 1.82) is 0 Å². The summed E-state index contributed by atoms with van der Waals surface area (Å²) in [4.78, 5) is 11.3. The number of carbonyl (C=O) groups excluding carboxylic acids is 1. The molecule has 0 aliphatic rings. The summed E-state index contributed by atoms with van der Waals surface area (Å²) in [7, 11) is 0. The molecular weight excluding hydrogens is 378 g/mol. The van der Waals surface area contributed by atoms with Crippen LogP contribution in [0.4, 0.5) is 8.78 Å². The molecule has 0 fully saturated rings. The molecule has 2 rings (SSSR count). The van der Waals surface area contributed by atoms with Gasteiger partial charge in [0.15, 0.2) is 24.0 Å². The Hall–Kier alpha value is -2.34. The zero-order valence-corrected chi connectivity index (χ0v) is 16.1. The summed E-state index contributed by atoms with van der Waals surface area (Å²) in [6.07, 6.45) is 0.171. The molecule has 7 heteroatoms. The summed E-state index contributed by atoms with van der Waals surface area (Å²) in [6, 6.07) is 6.06. The molecule has 0 aromatic heterocycles. The molecule has 1 N–H and O–H groups in total. The molecule has 0 amide bonds. The molecule has 0 spiro atoms. The number of phenolic OH excluding ortho intramolecular Hbond substituents is 1. The number of carbonyl (C=O) groups is 1. The van der Waals surface area contributed by atoms with Gasteiger partial charge in [0.1, 0.15) is 5.75 Å². The Morgan fingerprint density at radius 3 is 2.59 bits per heavy atom. The third kappa shape index (κ3) is 5.10. The van der Waals surface area contributed by atoms with Gasteiger partial charge in [0, 0.05) is 0 Å². The molecule has 0 unspecified atom stereocenters. The number of hydrogen-bond acceptors (Lipinski definition) is 4. The third-order valence-electron chi connectivity index (χ3n) is 3.94. The molecule has 2 aromatic carbocycles. The maximum Gasteiger partial charge on any atom is 0.344 e. The molecule has 0 atom stereocenters. The predicted molar refractivity (Wildman–Crippen MR) is 98.5 cm³/mol. The van der Waals surface area contributed by atoms with E-state index in [9.17, 15) is 18.7 Å².